The van der Waals surface area contributed by atoms with Crippen molar-refractivity contribution in [2.75, 3.05) is 0 Å². The minimum Gasteiger partial charge on any atom is -0.508 e. The number of fused-ring (bicyclic) bond motifs is 1. The Morgan fingerprint density at radius 1 is 1.09 bits per heavy atom. The number of para-hydroxylation sites is 1. The number of carbonyl (C=O) groups is 1. The summed E-state index contributed by atoms with van der Waals surface area (Å²) in [6, 6.07) is 10.2. The molecule has 3 nitrogen and oxygen atoms in total. The van der Waals surface area contributed by atoms with Gasteiger partial charge in [0.05, 0.1) is 0 Å². The molecule has 0 aromatic heterocycles. The highest BCUT2D eigenvalue weighted by Crippen LogP contribution is 2.35. The number of allylic oxidation sites excluding steroid dienone is 1. The molecule has 1 N–H and O–H groups in total. The van der Waals surface area contributed by atoms with Gasteiger partial charge in [-0.05, 0) is 18.2 Å². The van der Waals surface area contributed by atoms with Gasteiger partial charge in [-0.1, -0.05) is 30.3 Å². The Morgan fingerprint density at radius 3 is 2.52 bits per heavy atom. The molecule has 2 aromatic carbocycles. The van der Waals surface area contributed by atoms with E-state index in [0.717, 1.165) is 0 Å². The van der Waals surface area contributed by atoms with Crippen molar-refractivity contribution in [1.82, 2.24) is 0 Å². The topological polar surface area (TPSA) is 46.5 Å². The summed E-state index contributed by atoms with van der Waals surface area (Å²) in [5.74, 6) is -0.683. The number of hydrogen-bond donors (Lipinski definition) is 1. The van der Waals surface area contributed by atoms with E-state index in [4.69, 9.17) is 0 Å². The number of ketones is 1. The van der Waals surface area contributed by atoms with Crippen molar-refractivity contribution in [2.24, 2.45) is 0 Å². The van der Waals surface area contributed by atoms with Crippen molar-refractivity contribution < 1.29 is 27.8 Å². The maximum absolute atomic E-state index is 12.4. The number of hydrogen-bond acceptors (Lipinski definition) is 3. The quantitative estimate of drug-likeness (QED) is 0.847. The number of phenols is 1. The lowest BCUT2D eigenvalue weighted by Gasteiger charge is -2.11. The van der Waals surface area contributed by atoms with Crippen LogP contribution in [0.2, 0.25) is 0 Å². The summed E-state index contributed by atoms with van der Waals surface area (Å²) < 4.78 is 41.3. The van der Waals surface area contributed by atoms with Gasteiger partial charge in [0.2, 0.25) is 0 Å². The monoisotopic (exact) mass is 320 g/mol. The van der Waals surface area contributed by atoms with Crippen LogP contribution in [0.5, 0.6) is 11.5 Å². The molecule has 0 saturated carbocycles. The van der Waals surface area contributed by atoms with Gasteiger partial charge in [0, 0.05) is 28.7 Å². The van der Waals surface area contributed by atoms with Crippen LogP contribution in [-0.2, 0) is 6.42 Å². The Hall–Kier alpha value is -2.76. The highest BCUT2D eigenvalue weighted by molar-refractivity contribution is 6.16. The van der Waals surface area contributed by atoms with Crippen LogP contribution in [0.4, 0.5) is 13.2 Å². The number of rotatable bonds is 2. The van der Waals surface area contributed by atoms with Gasteiger partial charge in [-0.15, -0.1) is 13.2 Å². The fourth-order valence-corrected chi connectivity index (χ4v) is 2.54. The molecule has 1 aliphatic rings. The van der Waals surface area contributed by atoms with E-state index in [2.05, 4.69) is 4.74 Å². The molecule has 0 amide bonds. The number of Topliss-reactive ketones (excluding diaryl/α,β-unsaturated/α-hetero) is 1. The second-order valence-electron chi connectivity index (χ2n) is 5.06. The molecule has 0 bridgehead atoms. The number of phenolic OH excluding ortho intramolecular Hbond substituents is 1. The summed E-state index contributed by atoms with van der Waals surface area (Å²) in [5.41, 5.74) is 1.31. The Balaban J connectivity index is 1.99. The van der Waals surface area contributed by atoms with Gasteiger partial charge in [0.25, 0.3) is 0 Å². The van der Waals surface area contributed by atoms with Gasteiger partial charge < -0.3 is 9.84 Å². The molecular weight excluding hydrogens is 309 g/mol. The molecule has 0 spiro atoms. The molecule has 0 aliphatic heterocycles. The lowest BCUT2D eigenvalue weighted by atomic mass is 10.1. The predicted octanol–water partition coefficient (Wildman–Crippen LogP) is 4.11. The van der Waals surface area contributed by atoms with E-state index >= 15 is 0 Å². The van der Waals surface area contributed by atoms with Crippen molar-refractivity contribution in [3.8, 4) is 11.5 Å². The normalized spacial score (nSPS) is 15.8. The molecule has 23 heavy (non-hydrogen) atoms. The smallest absolute Gasteiger partial charge is 0.508 e. The Morgan fingerprint density at radius 2 is 1.83 bits per heavy atom. The van der Waals surface area contributed by atoms with Crippen molar-refractivity contribution in [2.45, 2.75) is 12.8 Å². The van der Waals surface area contributed by atoms with E-state index in [1.54, 1.807) is 18.2 Å². The lowest BCUT2D eigenvalue weighted by Crippen LogP contribution is -2.17. The second kappa shape index (κ2) is 5.46. The number of benzene rings is 2. The first-order valence-corrected chi connectivity index (χ1v) is 6.76. The van der Waals surface area contributed by atoms with Gasteiger partial charge in [0.15, 0.2) is 5.78 Å². The standard InChI is InChI=1S/C17H11F3O3/c18-17(19,20)23-15-7-2-1-4-10(15)8-11-9-13-12(16(11)22)5-3-6-14(13)21/h1-8,21H,9H2/b11-8-. The summed E-state index contributed by atoms with van der Waals surface area (Å²) in [7, 11) is 0. The molecule has 0 fully saturated rings. The van der Waals surface area contributed by atoms with Crippen LogP contribution in [-0.4, -0.2) is 17.3 Å². The molecule has 0 heterocycles. The largest absolute Gasteiger partial charge is 0.573 e. The van der Waals surface area contributed by atoms with E-state index < -0.39 is 6.36 Å². The molecule has 0 unspecified atom stereocenters. The van der Waals surface area contributed by atoms with Crippen molar-refractivity contribution in [1.29, 1.82) is 0 Å². The third kappa shape index (κ3) is 3.06. The SMILES string of the molecule is O=C1/C(=C\c2ccccc2OC(F)(F)F)Cc2c(O)cccc21. The van der Waals surface area contributed by atoms with Gasteiger partial charge in [-0.3, -0.25) is 4.79 Å². The molecule has 0 saturated heterocycles. The molecule has 2 aromatic rings. The summed E-state index contributed by atoms with van der Waals surface area (Å²) >= 11 is 0. The van der Waals surface area contributed by atoms with Gasteiger partial charge in [-0.2, -0.15) is 0 Å². The first-order chi connectivity index (χ1) is 10.8. The molecule has 0 atom stereocenters. The van der Waals surface area contributed by atoms with Crippen molar-refractivity contribution in [3.05, 3.63) is 64.7 Å². The lowest BCUT2D eigenvalue weighted by molar-refractivity contribution is -0.274. The maximum Gasteiger partial charge on any atom is 0.573 e. The van der Waals surface area contributed by atoms with E-state index in [-0.39, 0.29) is 29.3 Å². The highest BCUT2D eigenvalue weighted by atomic mass is 19.4. The summed E-state index contributed by atoms with van der Waals surface area (Å²) in [4.78, 5) is 12.3. The minimum absolute atomic E-state index is 0.000855. The minimum atomic E-state index is -4.81. The van der Waals surface area contributed by atoms with Crippen molar-refractivity contribution >= 4 is 11.9 Å². The zero-order valence-corrected chi connectivity index (χ0v) is 11.7. The fourth-order valence-electron chi connectivity index (χ4n) is 2.54. The molecule has 6 heteroatoms. The Labute approximate surface area is 129 Å². The molecule has 1 aliphatic carbocycles. The van der Waals surface area contributed by atoms with Gasteiger partial charge in [0.1, 0.15) is 11.5 Å². The average molecular weight is 320 g/mol. The number of ether oxygens (including phenoxy) is 1. The Kier molecular flexibility index (Phi) is 3.60. The third-order valence-corrected chi connectivity index (χ3v) is 3.53. The number of carbonyl (C=O) groups excluding carboxylic acids is 1. The fraction of sp³-hybridized carbons (Fsp3) is 0.118. The number of alkyl halides is 3. The summed E-state index contributed by atoms with van der Waals surface area (Å²) in [6.45, 7) is 0. The molecule has 0 radical (unpaired) electrons. The van der Waals surface area contributed by atoms with Crippen LogP contribution in [0.15, 0.2) is 48.0 Å². The van der Waals surface area contributed by atoms with E-state index in [1.165, 1.54) is 30.3 Å². The average Bonchev–Trinajstić information content (AvgIpc) is 2.78. The van der Waals surface area contributed by atoms with Gasteiger partial charge >= 0.3 is 6.36 Å². The van der Waals surface area contributed by atoms with E-state index in [0.29, 0.717) is 16.7 Å². The molecule has 118 valence electrons. The van der Waals surface area contributed by atoms with Crippen LogP contribution >= 0.6 is 0 Å². The first kappa shape index (κ1) is 15.1. The van der Waals surface area contributed by atoms with E-state index in [1.807, 2.05) is 0 Å². The predicted molar refractivity (Wildman–Crippen MR) is 77.2 cm³/mol. The zero-order valence-electron chi connectivity index (χ0n) is 11.7. The summed E-state index contributed by atoms with van der Waals surface area (Å²) in [5, 5.41) is 9.79. The van der Waals surface area contributed by atoms with Crippen LogP contribution in [0.25, 0.3) is 6.08 Å². The van der Waals surface area contributed by atoms with Crippen molar-refractivity contribution in [3.63, 3.8) is 0 Å². The zero-order chi connectivity index (χ0) is 16.6. The maximum atomic E-state index is 12.4. The number of aromatic hydroxyl groups is 1. The molecular formula is C17H11F3O3. The van der Waals surface area contributed by atoms with Crippen LogP contribution in [0, 0.1) is 0 Å². The van der Waals surface area contributed by atoms with Crippen LogP contribution < -0.4 is 4.74 Å². The van der Waals surface area contributed by atoms with Crippen LogP contribution in [0.3, 0.4) is 0 Å². The van der Waals surface area contributed by atoms with Crippen LogP contribution in [0.1, 0.15) is 21.5 Å². The number of halogens is 3. The van der Waals surface area contributed by atoms with E-state index in [9.17, 15) is 23.1 Å². The van der Waals surface area contributed by atoms with Gasteiger partial charge in [-0.25, -0.2) is 0 Å². The molecule has 3 rings (SSSR count). The second-order valence-corrected chi connectivity index (χ2v) is 5.06. The highest BCUT2D eigenvalue weighted by Gasteiger charge is 2.32. The Bertz CT molecular complexity index is 807. The third-order valence-electron chi connectivity index (χ3n) is 3.53. The summed E-state index contributed by atoms with van der Waals surface area (Å²) in [6.07, 6.45) is -3.28. The first-order valence-electron chi connectivity index (χ1n) is 6.76.